The van der Waals surface area contributed by atoms with Gasteiger partial charge in [-0.25, -0.2) is 0 Å². The molecule has 0 radical (unpaired) electrons. The van der Waals surface area contributed by atoms with Crippen LogP contribution < -0.4 is 0 Å². The van der Waals surface area contributed by atoms with E-state index in [1.54, 1.807) is 0 Å². The van der Waals surface area contributed by atoms with Gasteiger partial charge in [-0.3, -0.25) is 9.69 Å². The average Bonchev–Trinajstić information content (AvgIpc) is 2.38. The first-order valence-electron chi connectivity index (χ1n) is 7.62. The maximum atomic E-state index is 10.9. The van der Waals surface area contributed by atoms with Gasteiger partial charge >= 0.3 is 5.97 Å². The van der Waals surface area contributed by atoms with Crippen molar-refractivity contribution < 1.29 is 14.6 Å². The number of hydrogen-bond acceptors (Lipinski definition) is 3. The van der Waals surface area contributed by atoms with Gasteiger partial charge in [-0.2, -0.15) is 0 Å². The third-order valence-corrected chi connectivity index (χ3v) is 4.85. The standard InChI is InChI=1S/C15H27NO3/c1-3-15(2)10-13(6-8-19-15)16-7-4-5-12(11-16)9-14(17)18/h12-13H,3-11H2,1-2H3,(H,17,18). The van der Waals surface area contributed by atoms with Gasteiger partial charge < -0.3 is 9.84 Å². The molecular weight excluding hydrogens is 242 g/mol. The molecule has 4 heteroatoms. The molecule has 2 aliphatic rings. The number of aliphatic carboxylic acids is 1. The number of likely N-dealkylation sites (tertiary alicyclic amines) is 1. The second-order valence-electron chi connectivity index (χ2n) is 6.40. The van der Waals surface area contributed by atoms with Crippen molar-refractivity contribution in [1.82, 2.24) is 4.90 Å². The minimum Gasteiger partial charge on any atom is -0.481 e. The number of carboxylic acids is 1. The number of hydrogen-bond donors (Lipinski definition) is 1. The lowest BCUT2D eigenvalue weighted by Crippen LogP contribution is -2.50. The monoisotopic (exact) mass is 269 g/mol. The summed E-state index contributed by atoms with van der Waals surface area (Å²) >= 11 is 0. The molecule has 1 N–H and O–H groups in total. The van der Waals surface area contributed by atoms with Crippen molar-refractivity contribution in [3.8, 4) is 0 Å². The van der Waals surface area contributed by atoms with Gasteiger partial charge in [0, 0.05) is 25.6 Å². The number of nitrogens with zero attached hydrogens (tertiary/aromatic N) is 1. The van der Waals surface area contributed by atoms with Gasteiger partial charge in [0.25, 0.3) is 0 Å². The highest BCUT2D eigenvalue weighted by Gasteiger charge is 2.36. The van der Waals surface area contributed by atoms with Crippen molar-refractivity contribution in [2.45, 2.75) is 64.0 Å². The van der Waals surface area contributed by atoms with Crippen molar-refractivity contribution in [2.24, 2.45) is 5.92 Å². The first kappa shape index (κ1) is 14.8. The fourth-order valence-corrected chi connectivity index (χ4v) is 3.50. The molecule has 2 heterocycles. The summed E-state index contributed by atoms with van der Waals surface area (Å²) in [4.78, 5) is 13.4. The minimum atomic E-state index is -0.655. The van der Waals surface area contributed by atoms with Crippen LogP contribution in [-0.4, -0.2) is 47.3 Å². The predicted molar refractivity (Wildman–Crippen MR) is 74.2 cm³/mol. The quantitative estimate of drug-likeness (QED) is 0.852. The Morgan fingerprint density at radius 3 is 2.95 bits per heavy atom. The highest BCUT2D eigenvalue weighted by atomic mass is 16.5. The van der Waals surface area contributed by atoms with E-state index in [1.165, 1.54) is 0 Å². The van der Waals surface area contributed by atoms with Gasteiger partial charge in [0.15, 0.2) is 0 Å². The Labute approximate surface area is 116 Å². The van der Waals surface area contributed by atoms with Crippen LogP contribution in [0.15, 0.2) is 0 Å². The summed E-state index contributed by atoms with van der Waals surface area (Å²) in [6.07, 6.45) is 5.76. The Morgan fingerprint density at radius 2 is 2.26 bits per heavy atom. The Morgan fingerprint density at radius 1 is 1.47 bits per heavy atom. The third kappa shape index (κ3) is 3.93. The molecule has 2 saturated heterocycles. The zero-order valence-electron chi connectivity index (χ0n) is 12.2. The van der Waals surface area contributed by atoms with Crippen molar-refractivity contribution in [3.05, 3.63) is 0 Å². The summed E-state index contributed by atoms with van der Waals surface area (Å²) in [5.41, 5.74) is 0.0165. The predicted octanol–water partition coefficient (Wildman–Crippen LogP) is 2.52. The topological polar surface area (TPSA) is 49.8 Å². The van der Waals surface area contributed by atoms with Gasteiger partial charge in [0.05, 0.1) is 5.60 Å². The second-order valence-corrected chi connectivity index (χ2v) is 6.40. The van der Waals surface area contributed by atoms with Crippen molar-refractivity contribution >= 4 is 5.97 Å². The number of carboxylic acid groups (broad SMARTS) is 1. The molecule has 0 spiro atoms. The zero-order valence-corrected chi connectivity index (χ0v) is 12.2. The molecule has 0 aliphatic carbocycles. The lowest BCUT2D eigenvalue weighted by Gasteiger charge is -2.45. The lowest BCUT2D eigenvalue weighted by molar-refractivity contribution is -0.139. The molecule has 2 fully saturated rings. The SMILES string of the molecule is CCC1(C)CC(N2CCCC(CC(=O)O)C2)CCO1. The van der Waals surface area contributed by atoms with Crippen molar-refractivity contribution in [2.75, 3.05) is 19.7 Å². The van der Waals surface area contributed by atoms with E-state index in [0.29, 0.717) is 18.4 Å². The van der Waals surface area contributed by atoms with Crippen molar-refractivity contribution in [3.63, 3.8) is 0 Å². The Bertz CT molecular complexity index is 321. The van der Waals surface area contributed by atoms with E-state index in [2.05, 4.69) is 18.7 Å². The number of ether oxygens (including phenoxy) is 1. The van der Waals surface area contributed by atoms with Crippen LogP contribution in [0.3, 0.4) is 0 Å². The zero-order chi connectivity index (χ0) is 13.9. The number of carbonyl (C=O) groups is 1. The van der Waals surface area contributed by atoms with E-state index in [9.17, 15) is 4.79 Å². The van der Waals surface area contributed by atoms with Crippen LogP contribution in [0.4, 0.5) is 0 Å². The minimum absolute atomic E-state index is 0.0165. The molecule has 110 valence electrons. The van der Waals surface area contributed by atoms with Crippen LogP contribution in [0.1, 0.15) is 52.4 Å². The molecule has 0 aromatic heterocycles. The summed E-state index contributed by atoms with van der Waals surface area (Å²) in [7, 11) is 0. The lowest BCUT2D eigenvalue weighted by atomic mass is 9.86. The smallest absolute Gasteiger partial charge is 0.303 e. The van der Waals surface area contributed by atoms with E-state index in [1.807, 2.05) is 0 Å². The van der Waals surface area contributed by atoms with E-state index in [-0.39, 0.29) is 5.60 Å². The maximum absolute atomic E-state index is 10.9. The molecule has 0 bridgehead atoms. The van der Waals surface area contributed by atoms with E-state index < -0.39 is 5.97 Å². The normalized spacial score (nSPS) is 37.2. The first-order chi connectivity index (χ1) is 9.02. The maximum Gasteiger partial charge on any atom is 0.303 e. The second kappa shape index (κ2) is 6.23. The van der Waals surface area contributed by atoms with Crippen LogP contribution in [0.5, 0.6) is 0 Å². The Hall–Kier alpha value is -0.610. The molecular formula is C15H27NO3. The molecule has 0 aromatic carbocycles. The number of rotatable bonds is 4. The van der Waals surface area contributed by atoms with E-state index in [4.69, 9.17) is 9.84 Å². The fourth-order valence-electron chi connectivity index (χ4n) is 3.50. The Kier molecular flexibility index (Phi) is 4.85. The van der Waals surface area contributed by atoms with Crippen LogP contribution in [-0.2, 0) is 9.53 Å². The molecule has 3 atom stereocenters. The molecule has 0 amide bonds. The molecule has 19 heavy (non-hydrogen) atoms. The van der Waals surface area contributed by atoms with Gasteiger partial charge in [0.2, 0.25) is 0 Å². The van der Waals surface area contributed by atoms with E-state index >= 15 is 0 Å². The first-order valence-corrected chi connectivity index (χ1v) is 7.62. The van der Waals surface area contributed by atoms with Crippen LogP contribution in [0, 0.1) is 5.92 Å². The molecule has 2 rings (SSSR count). The molecule has 0 saturated carbocycles. The van der Waals surface area contributed by atoms with Crippen LogP contribution >= 0.6 is 0 Å². The molecule has 0 aromatic rings. The summed E-state index contributed by atoms with van der Waals surface area (Å²) in [6.45, 7) is 7.32. The molecule has 4 nitrogen and oxygen atoms in total. The number of piperidine rings is 1. The summed E-state index contributed by atoms with van der Waals surface area (Å²) in [6, 6.07) is 0.579. The van der Waals surface area contributed by atoms with Gasteiger partial charge in [0.1, 0.15) is 0 Å². The average molecular weight is 269 g/mol. The van der Waals surface area contributed by atoms with Crippen LogP contribution in [0.25, 0.3) is 0 Å². The fraction of sp³-hybridized carbons (Fsp3) is 0.933. The largest absolute Gasteiger partial charge is 0.481 e. The third-order valence-electron chi connectivity index (χ3n) is 4.85. The highest BCUT2D eigenvalue weighted by molar-refractivity contribution is 5.67. The van der Waals surface area contributed by atoms with E-state index in [0.717, 1.165) is 51.8 Å². The summed E-state index contributed by atoms with van der Waals surface area (Å²) in [5.74, 6) is -0.320. The summed E-state index contributed by atoms with van der Waals surface area (Å²) < 4.78 is 5.91. The van der Waals surface area contributed by atoms with Crippen LogP contribution in [0.2, 0.25) is 0 Å². The molecule has 2 aliphatic heterocycles. The van der Waals surface area contributed by atoms with Gasteiger partial charge in [-0.05, 0) is 51.5 Å². The summed E-state index contributed by atoms with van der Waals surface area (Å²) in [5, 5.41) is 8.94. The van der Waals surface area contributed by atoms with Gasteiger partial charge in [-0.1, -0.05) is 6.92 Å². The highest BCUT2D eigenvalue weighted by Crippen LogP contribution is 2.32. The van der Waals surface area contributed by atoms with Gasteiger partial charge in [-0.15, -0.1) is 0 Å². The van der Waals surface area contributed by atoms with Crippen molar-refractivity contribution in [1.29, 1.82) is 0 Å². The Balaban J connectivity index is 1.91. The molecule has 3 unspecified atom stereocenters.